The predicted octanol–water partition coefficient (Wildman–Crippen LogP) is 2.92. The number of sulfonamides is 1. The number of rotatable bonds is 6. The van der Waals surface area contributed by atoms with Crippen LogP contribution in [0.5, 0.6) is 0 Å². The standard InChI is InChI=1S/C17H26N2O2S/c1-15(2)10-11-18-14-16-6-8-17(9-7-16)22(20,21)19-12-4-3-5-13-19/h6-10,18H,3-5,11-14H2,1-2H3. The average molecular weight is 322 g/mol. The van der Waals surface area contributed by atoms with Crippen molar-refractivity contribution in [2.24, 2.45) is 0 Å². The van der Waals surface area contributed by atoms with E-state index in [0.29, 0.717) is 18.0 Å². The summed E-state index contributed by atoms with van der Waals surface area (Å²) in [6, 6.07) is 7.24. The van der Waals surface area contributed by atoms with Crippen molar-refractivity contribution < 1.29 is 8.42 Å². The van der Waals surface area contributed by atoms with E-state index in [4.69, 9.17) is 0 Å². The van der Waals surface area contributed by atoms with Crippen LogP contribution < -0.4 is 5.32 Å². The number of piperidine rings is 1. The Morgan fingerprint density at radius 3 is 2.36 bits per heavy atom. The highest BCUT2D eigenvalue weighted by Gasteiger charge is 2.25. The van der Waals surface area contributed by atoms with Crippen molar-refractivity contribution in [3.05, 3.63) is 41.5 Å². The molecule has 5 heteroatoms. The summed E-state index contributed by atoms with van der Waals surface area (Å²) in [6.07, 6.45) is 5.19. The van der Waals surface area contributed by atoms with Crippen LogP contribution in [0.15, 0.2) is 40.8 Å². The summed E-state index contributed by atoms with van der Waals surface area (Å²) in [4.78, 5) is 0.405. The van der Waals surface area contributed by atoms with Crippen LogP contribution in [0.25, 0.3) is 0 Å². The van der Waals surface area contributed by atoms with Gasteiger partial charge in [0.25, 0.3) is 0 Å². The minimum absolute atomic E-state index is 0.405. The van der Waals surface area contributed by atoms with Gasteiger partial charge in [-0.25, -0.2) is 8.42 Å². The Labute approximate surface area is 134 Å². The summed E-state index contributed by atoms with van der Waals surface area (Å²) < 4.78 is 26.7. The van der Waals surface area contributed by atoms with Gasteiger partial charge in [0.1, 0.15) is 0 Å². The van der Waals surface area contributed by atoms with Gasteiger partial charge in [-0.3, -0.25) is 0 Å². The lowest BCUT2D eigenvalue weighted by molar-refractivity contribution is 0.346. The normalized spacial score (nSPS) is 16.5. The second kappa shape index (κ2) is 7.90. The van der Waals surface area contributed by atoms with Crippen LogP contribution in [0, 0.1) is 0 Å². The molecular formula is C17H26N2O2S. The van der Waals surface area contributed by atoms with E-state index < -0.39 is 10.0 Å². The maximum atomic E-state index is 12.5. The van der Waals surface area contributed by atoms with Gasteiger partial charge in [-0.1, -0.05) is 30.2 Å². The van der Waals surface area contributed by atoms with Crippen LogP contribution in [0.2, 0.25) is 0 Å². The molecule has 1 N–H and O–H groups in total. The Balaban J connectivity index is 1.97. The first kappa shape index (κ1) is 17.2. The van der Waals surface area contributed by atoms with Crippen LogP contribution in [0.4, 0.5) is 0 Å². The van der Waals surface area contributed by atoms with E-state index in [0.717, 1.165) is 37.9 Å². The van der Waals surface area contributed by atoms with Crippen molar-refractivity contribution in [2.45, 2.75) is 44.6 Å². The summed E-state index contributed by atoms with van der Waals surface area (Å²) >= 11 is 0. The smallest absolute Gasteiger partial charge is 0.243 e. The summed E-state index contributed by atoms with van der Waals surface area (Å²) in [7, 11) is -3.31. The molecular weight excluding hydrogens is 296 g/mol. The fraction of sp³-hybridized carbons (Fsp3) is 0.529. The molecule has 4 nitrogen and oxygen atoms in total. The molecule has 0 bridgehead atoms. The van der Waals surface area contributed by atoms with Gasteiger partial charge in [0.05, 0.1) is 4.90 Å². The molecule has 1 aliphatic heterocycles. The number of allylic oxidation sites excluding steroid dienone is 1. The molecule has 0 unspecified atom stereocenters. The third-order valence-corrected chi connectivity index (χ3v) is 5.77. The van der Waals surface area contributed by atoms with Crippen molar-refractivity contribution in [3.63, 3.8) is 0 Å². The van der Waals surface area contributed by atoms with Crippen LogP contribution in [0.3, 0.4) is 0 Å². The Morgan fingerprint density at radius 2 is 1.77 bits per heavy atom. The summed E-state index contributed by atoms with van der Waals surface area (Å²) in [6.45, 7) is 7.01. The zero-order valence-corrected chi connectivity index (χ0v) is 14.3. The van der Waals surface area contributed by atoms with E-state index in [1.54, 1.807) is 16.4 Å². The molecule has 2 rings (SSSR count). The molecule has 0 radical (unpaired) electrons. The van der Waals surface area contributed by atoms with Gasteiger partial charge >= 0.3 is 0 Å². The molecule has 22 heavy (non-hydrogen) atoms. The van der Waals surface area contributed by atoms with Crippen molar-refractivity contribution in [2.75, 3.05) is 19.6 Å². The molecule has 0 aromatic heterocycles. The van der Waals surface area contributed by atoms with E-state index in [9.17, 15) is 8.42 Å². The molecule has 1 saturated heterocycles. The number of hydrogen-bond acceptors (Lipinski definition) is 3. The number of hydrogen-bond donors (Lipinski definition) is 1. The van der Waals surface area contributed by atoms with Crippen molar-refractivity contribution in [1.29, 1.82) is 0 Å². The molecule has 122 valence electrons. The third-order valence-electron chi connectivity index (χ3n) is 3.86. The van der Waals surface area contributed by atoms with E-state index in [1.807, 2.05) is 12.1 Å². The van der Waals surface area contributed by atoms with Gasteiger partial charge in [0.2, 0.25) is 10.0 Å². The molecule has 1 aromatic rings. The highest BCUT2D eigenvalue weighted by Crippen LogP contribution is 2.20. The van der Waals surface area contributed by atoms with Crippen molar-refractivity contribution in [3.8, 4) is 0 Å². The van der Waals surface area contributed by atoms with Crippen LogP contribution in [-0.4, -0.2) is 32.4 Å². The average Bonchev–Trinajstić information content (AvgIpc) is 2.53. The van der Waals surface area contributed by atoms with Gasteiger partial charge in [-0.2, -0.15) is 4.31 Å². The molecule has 1 fully saturated rings. The fourth-order valence-corrected chi connectivity index (χ4v) is 4.04. The Hall–Kier alpha value is -1.17. The first-order valence-electron chi connectivity index (χ1n) is 7.93. The Kier molecular flexibility index (Phi) is 6.17. The van der Waals surface area contributed by atoms with Crippen molar-refractivity contribution in [1.82, 2.24) is 9.62 Å². The SMILES string of the molecule is CC(C)=CCNCc1ccc(S(=O)(=O)N2CCCCC2)cc1. The van der Waals surface area contributed by atoms with Gasteiger partial charge < -0.3 is 5.32 Å². The van der Waals surface area contributed by atoms with Gasteiger partial charge in [-0.05, 0) is 44.4 Å². The van der Waals surface area contributed by atoms with Crippen LogP contribution >= 0.6 is 0 Å². The number of nitrogens with one attached hydrogen (secondary N) is 1. The fourth-order valence-electron chi connectivity index (χ4n) is 2.53. The van der Waals surface area contributed by atoms with Crippen LogP contribution in [-0.2, 0) is 16.6 Å². The first-order valence-corrected chi connectivity index (χ1v) is 9.37. The Bertz CT molecular complexity index is 596. The monoisotopic (exact) mass is 322 g/mol. The first-order chi connectivity index (χ1) is 10.5. The zero-order valence-electron chi connectivity index (χ0n) is 13.5. The van der Waals surface area contributed by atoms with Gasteiger partial charge in [0, 0.05) is 26.2 Å². The Morgan fingerprint density at radius 1 is 1.14 bits per heavy atom. The van der Waals surface area contributed by atoms with Crippen molar-refractivity contribution >= 4 is 10.0 Å². The molecule has 0 aliphatic carbocycles. The molecule has 0 amide bonds. The highest BCUT2D eigenvalue weighted by molar-refractivity contribution is 7.89. The summed E-state index contributed by atoms with van der Waals surface area (Å²) in [5.74, 6) is 0. The zero-order chi connectivity index (χ0) is 16.0. The molecule has 1 aromatic carbocycles. The number of benzene rings is 1. The lowest BCUT2D eigenvalue weighted by atomic mass is 10.2. The van der Waals surface area contributed by atoms with E-state index in [-0.39, 0.29) is 0 Å². The summed E-state index contributed by atoms with van der Waals surface area (Å²) in [5.41, 5.74) is 2.38. The minimum atomic E-state index is -3.31. The van der Waals surface area contributed by atoms with E-state index >= 15 is 0 Å². The third kappa shape index (κ3) is 4.66. The summed E-state index contributed by atoms with van der Waals surface area (Å²) in [5, 5.41) is 3.32. The quantitative estimate of drug-likeness (QED) is 0.647. The molecule has 0 saturated carbocycles. The van der Waals surface area contributed by atoms with E-state index in [2.05, 4.69) is 25.2 Å². The largest absolute Gasteiger partial charge is 0.309 e. The van der Waals surface area contributed by atoms with Gasteiger partial charge in [-0.15, -0.1) is 0 Å². The molecule has 0 spiro atoms. The van der Waals surface area contributed by atoms with Crippen LogP contribution in [0.1, 0.15) is 38.7 Å². The molecule has 1 heterocycles. The number of nitrogens with zero attached hydrogens (tertiary/aromatic N) is 1. The van der Waals surface area contributed by atoms with Gasteiger partial charge in [0.15, 0.2) is 0 Å². The second-order valence-electron chi connectivity index (χ2n) is 6.02. The molecule has 1 aliphatic rings. The predicted molar refractivity (Wildman–Crippen MR) is 90.2 cm³/mol. The molecule has 0 atom stereocenters. The lowest BCUT2D eigenvalue weighted by Crippen LogP contribution is -2.35. The lowest BCUT2D eigenvalue weighted by Gasteiger charge is -2.25. The minimum Gasteiger partial charge on any atom is -0.309 e. The maximum Gasteiger partial charge on any atom is 0.243 e. The van der Waals surface area contributed by atoms with E-state index in [1.165, 1.54) is 5.57 Å². The second-order valence-corrected chi connectivity index (χ2v) is 7.96. The highest BCUT2D eigenvalue weighted by atomic mass is 32.2. The topological polar surface area (TPSA) is 49.4 Å². The maximum absolute atomic E-state index is 12.5.